The van der Waals surface area contributed by atoms with Gasteiger partial charge in [0, 0.05) is 26.7 Å². The van der Waals surface area contributed by atoms with Gasteiger partial charge in [-0.25, -0.2) is 9.80 Å². The van der Waals surface area contributed by atoms with Crippen molar-refractivity contribution in [2.45, 2.75) is 57.8 Å². The van der Waals surface area contributed by atoms with Crippen molar-refractivity contribution < 1.29 is 4.79 Å². The van der Waals surface area contributed by atoms with Crippen LogP contribution >= 0.6 is 0 Å². The normalized spacial score (nSPS) is 10.4. The Balaban J connectivity index is 4.31. The second kappa shape index (κ2) is 16.3. The van der Waals surface area contributed by atoms with Crippen molar-refractivity contribution in [1.29, 1.82) is 0 Å². The summed E-state index contributed by atoms with van der Waals surface area (Å²) in [6.07, 6.45) is 15.1. The molecule has 0 saturated heterocycles. The molecule has 2 amide bonds. The molecule has 4 heteroatoms. The first-order valence-electron chi connectivity index (χ1n) is 9.26. The number of hydrazine groups is 1. The van der Waals surface area contributed by atoms with Gasteiger partial charge in [0.15, 0.2) is 0 Å². The van der Waals surface area contributed by atoms with Crippen molar-refractivity contribution in [2.24, 2.45) is 0 Å². The van der Waals surface area contributed by atoms with Gasteiger partial charge >= 0.3 is 6.03 Å². The molecule has 0 bridgehead atoms. The Hall–Kier alpha value is -1.55. The summed E-state index contributed by atoms with van der Waals surface area (Å²) in [5.41, 5.74) is 0. The Morgan fingerprint density at radius 3 is 1.88 bits per heavy atom. The van der Waals surface area contributed by atoms with Crippen molar-refractivity contribution in [2.75, 3.05) is 26.7 Å². The average molecular weight is 336 g/mol. The summed E-state index contributed by atoms with van der Waals surface area (Å²) in [4.78, 5) is 12.5. The Kier molecular flexibility index (Phi) is 15.3. The summed E-state index contributed by atoms with van der Waals surface area (Å²) < 4.78 is 0. The standard InChI is InChI=1S/C20H37N3O/c1-5-8-11-14-17-21-20(24)23(19-16-13-10-7-3)22(4)18-15-12-9-6-2/h5-7H,1-3,8-19H2,4H3,(H,21,24). The number of carbonyl (C=O) groups excluding carboxylic acids is 1. The van der Waals surface area contributed by atoms with Crippen molar-refractivity contribution in [3.05, 3.63) is 38.0 Å². The van der Waals surface area contributed by atoms with Crippen LogP contribution in [0.15, 0.2) is 38.0 Å². The highest BCUT2D eigenvalue weighted by Crippen LogP contribution is 2.06. The first kappa shape index (κ1) is 22.4. The van der Waals surface area contributed by atoms with Gasteiger partial charge in [-0.05, 0) is 57.8 Å². The first-order chi connectivity index (χ1) is 11.7. The van der Waals surface area contributed by atoms with E-state index >= 15 is 0 Å². The summed E-state index contributed by atoms with van der Waals surface area (Å²) >= 11 is 0. The van der Waals surface area contributed by atoms with Gasteiger partial charge in [-0.2, -0.15) is 0 Å². The zero-order chi connectivity index (χ0) is 18.0. The van der Waals surface area contributed by atoms with E-state index in [9.17, 15) is 4.79 Å². The molecule has 0 unspecified atom stereocenters. The lowest BCUT2D eigenvalue weighted by Crippen LogP contribution is -2.50. The number of rotatable bonds is 16. The largest absolute Gasteiger partial charge is 0.337 e. The molecule has 1 N–H and O–H groups in total. The number of nitrogens with zero attached hydrogens (tertiary/aromatic N) is 2. The fraction of sp³-hybridized carbons (Fsp3) is 0.650. The number of nitrogens with one attached hydrogen (secondary N) is 1. The van der Waals surface area contributed by atoms with E-state index < -0.39 is 0 Å². The van der Waals surface area contributed by atoms with Crippen molar-refractivity contribution in [3.8, 4) is 0 Å². The maximum absolute atomic E-state index is 12.5. The smallest absolute Gasteiger partial charge is 0.331 e. The molecule has 0 rings (SSSR count). The molecular weight excluding hydrogens is 298 g/mol. The van der Waals surface area contributed by atoms with E-state index in [1.165, 1.54) is 0 Å². The highest BCUT2D eigenvalue weighted by atomic mass is 16.2. The summed E-state index contributed by atoms with van der Waals surface area (Å²) in [5.74, 6) is 0. The van der Waals surface area contributed by atoms with Crippen LogP contribution in [0.3, 0.4) is 0 Å². The highest BCUT2D eigenvalue weighted by Gasteiger charge is 2.17. The van der Waals surface area contributed by atoms with Gasteiger partial charge in [-0.1, -0.05) is 18.2 Å². The Morgan fingerprint density at radius 2 is 1.33 bits per heavy atom. The van der Waals surface area contributed by atoms with Crippen LogP contribution in [0, 0.1) is 0 Å². The van der Waals surface area contributed by atoms with E-state index in [-0.39, 0.29) is 6.03 Å². The minimum absolute atomic E-state index is 0.0124. The molecule has 0 aliphatic rings. The van der Waals surface area contributed by atoms with E-state index in [0.717, 1.165) is 77.4 Å². The SMILES string of the molecule is C=CCCCCNC(=O)N(CCCCC=C)N(C)CCCCC=C. The Labute approximate surface area is 149 Å². The molecule has 138 valence electrons. The van der Waals surface area contributed by atoms with Gasteiger partial charge in [0.25, 0.3) is 0 Å². The Bertz CT molecular complexity index is 355. The number of hydrogen-bond acceptors (Lipinski definition) is 2. The second-order valence-electron chi connectivity index (χ2n) is 6.09. The first-order valence-corrected chi connectivity index (χ1v) is 9.26. The summed E-state index contributed by atoms with van der Waals surface area (Å²) in [6, 6.07) is 0.0124. The number of allylic oxidation sites excluding steroid dienone is 3. The van der Waals surface area contributed by atoms with Gasteiger partial charge in [0.1, 0.15) is 0 Å². The molecule has 0 aromatic heterocycles. The van der Waals surface area contributed by atoms with E-state index in [4.69, 9.17) is 0 Å². The van der Waals surface area contributed by atoms with Crippen LogP contribution in [-0.4, -0.2) is 42.7 Å². The molecule has 4 nitrogen and oxygen atoms in total. The predicted molar refractivity (Wildman–Crippen MR) is 105 cm³/mol. The number of carbonyl (C=O) groups is 1. The lowest BCUT2D eigenvalue weighted by molar-refractivity contribution is 0.0355. The average Bonchev–Trinajstić information content (AvgIpc) is 2.58. The van der Waals surface area contributed by atoms with Crippen molar-refractivity contribution in [1.82, 2.24) is 15.3 Å². The van der Waals surface area contributed by atoms with Crippen LogP contribution in [0.25, 0.3) is 0 Å². The second-order valence-corrected chi connectivity index (χ2v) is 6.09. The summed E-state index contributed by atoms with van der Waals surface area (Å²) in [5, 5.41) is 6.94. The van der Waals surface area contributed by atoms with Gasteiger partial charge in [-0.15, -0.1) is 19.7 Å². The lowest BCUT2D eigenvalue weighted by atomic mass is 10.2. The maximum atomic E-state index is 12.5. The third-order valence-corrected chi connectivity index (χ3v) is 3.93. The molecule has 0 aromatic carbocycles. The van der Waals surface area contributed by atoms with Gasteiger partial charge in [0.05, 0.1) is 0 Å². The molecule has 0 heterocycles. The van der Waals surface area contributed by atoms with Crippen LogP contribution < -0.4 is 5.32 Å². The molecule has 0 saturated carbocycles. The molecular formula is C20H37N3O. The fourth-order valence-corrected chi connectivity index (χ4v) is 2.43. The van der Waals surface area contributed by atoms with Crippen LogP contribution in [-0.2, 0) is 0 Å². The molecule has 0 spiro atoms. The zero-order valence-corrected chi connectivity index (χ0v) is 15.6. The van der Waals surface area contributed by atoms with E-state index in [0.29, 0.717) is 0 Å². The minimum atomic E-state index is 0.0124. The predicted octanol–water partition coefficient (Wildman–Crippen LogP) is 4.91. The third-order valence-electron chi connectivity index (χ3n) is 3.93. The summed E-state index contributed by atoms with van der Waals surface area (Å²) in [7, 11) is 2.00. The quantitative estimate of drug-likeness (QED) is 0.247. The van der Waals surface area contributed by atoms with Gasteiger partial charge in [0.2, 0.25) is 0 Å². The number of hydrogen-bond donors (Lipinski definition) is 1. The number of amides is 2. The number of unbranched alkanes of at least 4 members (excludes halogenated alkanes) is 6. The number of urea groups is 1. The molecule has 0 radical (unpaired) electrons. The van der Waals surface area contributed by atoms with E-state index in [1.807, 2.05) is 30.3 Å². The van der Waals surface area contributed by atoms with Crippen LogP contribution in [0.5, 0.6) is 0 Å². The van der Waals surface area contributed by atoms with Crippen LogP contribution in [0.4, 0.5) is 4.79 Å². The van der Waals surface area contributed by atoms with Crippen LogP contribution in [0.2, 0.25) is 0 Å². The van der Waals surface area contributed by atoms with Gasteiger partial charge < -0.3 is 5.32 Å². The molecule has 0 aliphatic heterocycles. The third kappa shape index (κ3) is 11.9. The highest BCUT2D eigenvalue weighted by molar-refractivity contribution is 5.73. The zero-order valence-electron chi connectivity index (χ0n) is 15.6. The minimum Gasteiger partial charge on any atom is -0.337 e. The molecule has 0 aromatic rings. The van der Waals surface area contributed by atoms with Crippen LogP contribution in [0.1, 0.15) is 57.8 Å². The Morgan fingerprint density at radius 1 is 0.833 bits per heavy atom. The topological polar surface area (TPSA) is 35.6 Å². The van der Waals surface area contributed by atoms with Crippen molar-refractivity contribution >= 4 is 6.03 Å². The summed E-state index contributed by atoms with van der Waals surface area (Å²) in [6.45, 7) is 13.6. The van der Waals surface area contributed by atoms with Gasteiger partial charge in [-0.3, -0.25) is 5.01 Å². The fourth-order valence-electron chi connectivity index (χ4n) is 2.43. The van der Waals surface area contributed by atoms with E-state index in [2.05, 4.69) is 30.1 Å². The monoisotopic (exact) mass is 335 g/mol. The molecule has 0 fully saturated rings. The maximum Gasteiger partial charge on any atom is 0.331 e. The molecule has 0 aliphatic carbocycles. The van der Waals surface area contributed by atoms with E-state index in [1.54, 1.807) is 0 Å². The van der Waals surface area contributed by atoms with Crippen molar-refractivity contribution in [3.63, 3.8) is 0 Å². The lowest BCUT2D eigenvalue weighted by Gasteiger charge is -2.32. The molecule has 24 heavy (non-hydrogen) atoms. The molecule has 0 atom stereocenters.